The molecule has 210 valence electrons. The van der Waals surface area contributed by atoms with Gasteiger partial charge in [0.2, 0.25) is 21.8 Å². The largest absolute Gasteiger partial charge is 0.497 e. The van der Waals surface area contributed by atoms with Crippen LogP contribution >= 0.6 is 0 Å². The number of methoxy groups -OCH3 is 1. The fourth-order valence-corrected chi connectivity index (χ4v) is 5.20. The molecule has 0 spiro atoms. The standard InChI is InChI=1S/C29H43N3O5S/c1-7-22(4)30-29(34)27(9-3)31(21-24-12-10-13-26(20-24)37-5)28(33)14-11-19-32(38(6,35)36)25-17-15-23(8-2)16-18-25/h10,12-13,15-18,20,22,27H,7-9,11,14,19,21H2,1-6H3,(H,30,34). The SMILES string of the molecule is CCc1ccc(N(CCCC(=O)N(Cc2cccc(OC)c2)C(CC)C(=O)NC(C)CC)S(C)(=O)=O)cc1. The van der Waals surface area contributed by atoms with Gasteiger partial charge in [0.15, 0.2) is 0 Å². The average Bonchev–Trinajstić information content (AvgIpc) is 2.90. The molecule has 0 heterocycles. The number of amides is 2. The van der Waals surface area contributed by atoms with Gasteiger partial charge in [-0.25, -0.2) is 8.42 Å². The van der Waals surface area contributed by atoms with E-state index in [4.69, 9.17) is 4.74 Å². The van der Waals surface area contributed by atoms with Crippen LogP contribution in [0.15, 0.2) is 48.5 Å². The number of rotatable bonds is 15. The van der Waals surface area contributed by atoms with Crippen LogP contribution in [-0.4, -0.2) is 57.1 Å². The first-order valence-corrected chi connectivity index (χ1v) is 15.2. The maximum atomic E-state index is 13.6. The minimum absolute atomic E-state index is 0.00672. The second kappa shape index (κ2) is 14.8. The van der Waals surface area contributed by atoms with Gasteiger partial charge in [0.05, 0.1) is 19.1 Å². The van der Waals surface area contributed by atoms with Crippen molar-refractivity contribution < 1.29 is 22.7 Å². The number of carbonyl (C=O) groups excluding carboxylic acids is 2. The number of ether oxygens (including phenoxy) is 1. The maximum Gasteiger partial charge on any atom is 0.243 e. The van der Waals surface area contributed by atoms with Crippen molar-refractivity contribution in [1.82, 2.24) is 10.2 Å². The zero-order chi connectivity index (χ0) is 28.3. The van der Waals surface area contributed by atoms with Crippen LogP contribution in [0.1, 0.15) is 64.5 Å². The summed E-state index contributed by atoms with van der Waals surface area (Å²) < 4.78 is 31.7. The molecule has 0 fully saturated rings. The summed E-state index contributed by atoms with van der Waals surface area (Å²) in [4.78, 5) is 28.3. The van der Waals surface area contributed by atoms with Crippen molar-refractivity contribution in [3.63, 3.8) is 0 Å². The van der Waals surface area contributed by atoms with E-state index in [0.29, 0.717) is 24.3 Å². The van der Waals surface area contributed by atoms with Gasteiger partial charge >= 0.3 is 0 Å². The smallest absolute Gasteiger partial charge is 0.243 e. The Morgan fingerprint density at radius 2 is 1.68 bits per heavy atom. The molecule has 8 nitrogen and oxygen atoms in total. The van der Waals surface area contributed by atoms with Gasteiger partial charge in [-0.15, -0.1) is 0 Å². The molecule has 9 heteroatoms. The lowest BCUT2D eigenvalue weighted by atomic mass is 10.1. The van der Waals surface area contributed by atoms with Crippen molar-refractivity contribution in [3.8, 4) is 5.75 Å². The van der Waals surface area contributed by atoms with Crippen LogP contribution in [0.2, 0.25) is 0 Å². The summed E-state index contributed by atoms with van der Waals surface area (Å²) in [5.74, 6) is 0.283. The van der Waals surface area contributed by atoms with Crippen LogP contribution in [0.4, 0.5) is 5.69 Å². The highest BCUT2D eigenvalue weighted by molar-refractivity contribution is 7.92. The molecule has 2 atom stereocenters. The fourth-order valence-electron chi connectivity index (χ4n) is 4.23. The van der Waals surface area contributed by atoms with E-state index in [1.54, 1.807) is 24.1 Å². The Labute approximate surface area is 228 Å². The molecular formula is C29H43N3O5S. The molecule has 38 heavy (non-hydrogen) atoms. The predicted molar refractivity (Wildman–Crippen MR) is 153 cm³/mol. The summed E-state index contributed by atoms with van der Waals surface area (Å²) in [5, 5.41) is 3.00. The van der Waals surface area contributed by atoms with Gasteiger partial charge < -0.3 is 15.0 Å². The molecule has 0 aliphatic rings. The molecule has 0 saturated heterocycles. The Kier molecular flexibility index (Phi) is 12.1. The van der Waals surface area contributed by atoms with E-state index < -0.39 is 16.1 Å². The van der Waals surface area contributed by atoms with Crippen molar-refractivity contribution in [2.45, 2.75) is 78.4 Å². The van der Waals surface area contributed by atoms with E-state index in [2.05, 4.69) is 5.32 Å². The summed E-state index contributed by atoms with van der Waals surface area (Å²) >= 11 is 0. The number of nitrogens with one attached hydrogen (secondary N) is 1. The highest BCUT2D eigenvalue weighted by Gasteiger charge is 2.29. The molecule has 2 aromatic rings. The van der Waals surface area contributed by atoms with E-state index in [-0.39, 0.29) is 37.4 Å². The Morgan fingerprint density at radius 3 is 2.24 bits per heavy atom. The number of nitrogens with zero attached hydrogens (tertiary/aromatic N) is 2. The van der Waals surface area contributed by atoms with Gasteiger partial charge in [0.25, 0.3) is 0 Å². The van der Waals surface area contributed by atoms with E-state index in [0.717, 1.165) is 24.0 Å². The highest BCUT2D eigenvalue weighted by Crippen LogP contribution is 2.21. The zero-order valence-electron chi connectivity index (χ0n) is 23.6. The molecular weight excluding hydrogens is 502 g/mol. The van der Waals surface area contributed by atoms with Crippen LogP contribution in [0.5, 0.6) is 5.75 Å². The van der Waals surface area contributed by atoms with Crippen LogP contribution in [-0.2, 0) is 32.6 Å². The third-order valence-electron chi connectivity index (χ3n) is 6.66. The molecule has 0 aliphatic heterocycles. The Morgan fingerprint density at radius 1 is 1.00 bits per heavy atom. The zero-order valence-corrected chi connectivity index (χ0v) is 24.4. The molecule has 0 saturated carbocycles. The lowest BCUT2D eigenvalue weighted by Crippen LogP contribution is -2.50. The number of carbonyl (C=O) groups is 2. The minimum Gasteiger partial charge on any atom is -0.497 e. The summed E-state index contributed by atoms with van der Waals surface area (Å²) in [6.07, 6.45) is 3.70. The van der Waals surface area contributed by atoms with Crippen molar-refractivity contribution in [2.75, 3.05) is 24.2 Å². The second-order valence-electron chi connectivity index (χ2n) is 9.57. The van der Waals surface area contributed by atoms with Gasteiger partial charge in [-0.3, -0.25) is 13.9 Å². The van der Waals surface area contributed by atoms with Gasteiger partial charge in [0, 0.05) is 25.6 Å². The Bertz CT molecular complexity index is 1150. The fraction of sp³-hybridized carbons (Fsp3) is 0.517. The molecule has 0 radical (unpaired) electrons. The number of anilines is 1. The van der Waals surface area contributed by atoms with E-state index in [1.165, 1.54) is 10.6 Å². The summed E-state index contributed by atoms with van der Waals surface area (Å²) in [5.41, 5.74) is 2.54. The topological polar surface area (TPSA) is 96.0 Å². The predicted octanol–water partition coefficient (Wildman–Crippen LogP) is 4.53. The second-order valence-corrected chi connectivity index (χ2v) is 11.5. The van der Waals surface area contributed by atoms with Crippen LogP contribution in [0, 0.1) is 0 Å². The monoisotopic (exact) mass is 545 g/mol. The first kappa shape index (κ1) is 31.1. The lowest BCUT2D eigenvalue weighted by Gasteiger charge is -2.32. The number of sulfonamides is 1. The number of hydrogen-bond acceptors (Lipinski definition) is 5. The molecule has 1 N–H and O–H groups in total. The summed E-state index contributed by atoms with van der Waals surface area (Å²) in [6, 6.07) is 14.2. The van der Waals surface area contributed by atoms with Crippen molar-refractivity contribution in [2.24, 2.45) is 0 Å². The Hall–Kier alpha value is -3.07. The minimum atomic E-state index is -3.53. The third kappa shape index (κ3) is 9.04. The van der Waals surface area contributed by atoms with Crippen LogP contribution in [0.25, 0.3) is 0 Å². The van der Waals surface area contributed by atoms with Crippen LogP contribution in [0.3, 0.4) is 0 Å². The van der Waals surface area contributed by atoms with Crippen LogP contribution < -0.4 is 14.4 Å². The Balaban J connectivity index is 2.24. The number of hydrogen-bond donors (Lipinski definition) is 1. The normalized spacial score (nSPS) is 12.9. The molecule has 0 bridgehead atoms. The van der Waals surface area contributed by atoms with Gasteiger partial charge in [-0.2, -0.15) is 0 Å². The number of benzene rings is 2. The van der Waals surface area contributed by atoms with E-state index >= 15 is 0 Å². The quantitative estimate of drug-likeness (QED) is 0.355. The van der Waals surface area contributed by atoms with Crippen molar-refractivity contribution in [3.05, 3.63) is 59.7 Å². The third-order valence-corrected chi connectivity index (χ3v) is 7.85. The van der Waals surface area contributed by atoms with Gasteiger partial charge in [-0.05, 0) is 68.0 Å². The molecule has 0 aromatic heterocycles. The van der Waals surface area contributed by atoms with Crippen molar-refractivity contribution in [1.29, 1.82) is 0 Å². The average molecular weight is 546 g/mol. The van der Waals surface area contributed by atoms with E-state index in [1.807, 2.05) is 64.1 Å². The first-order chi connectivity index (χ1) is 18.0. The summed E-state index contributed by atoms with van der Waals surface area (Å²) in [7, 11) is -1.95. The first-order valence-electron chi connectivity index (χ1n) is 13.3. The highest BCUT2D eigenvalue weighted by atomic mass is 32.2. The van der Waals surface area contributed by atoms with Crippen molar-refractivity contribution >= 4 is 27.5 Å². The molecule has 0 aliphatic carbocycles. The van der Waals surface area contributed by atoms with E-state index in [9.17, 15) is 18.0 Å². The lowest BCUT2D eigenvalue weighted by molar-refractivity contribution is -0.141. The number of aryl methyl sites for hydroxylation is 1. The van der Waals surface area contributed by atoms with Gasteiger partial charge in [-0.1, -0.05) is 45.0 Å². The maximum absolute atomic E-state index is 13.6. The molecule has 2 aromatic carbocycles. The summed E-state index contributed by atoms with van der Waals surface area (Å²) in [6.45, 7) is 8.27. The van der Waals surface area contributed by atoms with Gasteiger partial charge in [0.1, 0.15) is 11.8 Å². The molecule has 2 rings (SSSR count). The molecule has 2 amide bonds. The molecule has 2 unspecified atom stereocenters.